The monoisotopic (exact) mass is 414 g/mol. The normalized spacial score (nSPS) is 26.9. The maximum atomic E-state index is 12.1. The Bertz CT molecular complexity index is 920. The van der Waals surface area contributed by atoms with Crippen LogP contribution >= 0.6 is 11.6 Å². The molecule has 7 heteroatoms. The maximum absolute atomic E-state index is 12.1. The smallest absolute Gasteiger partial charge is 0.222 e. The fraction of sp³-hybridized carbons (Fsp3) is 0.591. The molecule has 0 spiro atoms. The third kappa shape index (κ3) is 3.46. The number of amides is 1. The number of likely N-dealkylation sites (tertiary alicyclic amines) is 1. The molecule has 1 atom stereocenters. The van der Waals surface area contributed by atoms with Crippen LogP contribution in [0.2, 0.25) is 5.02 Å². The van der Waals surface area contributed by atoms with Crippen molar-refractivity contribution in [3.63, 3.8) is 0 Å². The number of methoxy groups -OCH3 is 1. The van der Waals surface area contributed by atoms with Gasteiger partial charge >= 0.3 is 0 Å². The van der Waals surface area contributed by atoms with Gasteiger partial charge in [-0.05, 0) is 55.9 Å². The predicted molar refractivity (Wildman–Crippen MR) is 111 cm³/mol. The van der Waals surface area contributed by atoms with Crippen LogP contribution in [0.25, 0.3) is 5.69 Å². The van der Waals surface area contributed by atoms with Crippen LogP contribution in [0.3, 0.4) is 0 Å². The number of aromatic nitrogens is 3. The fourth-order valence-corrected chi connectivity index (χ4v) is 5.51. The molecule has 154 valence electrons. The van der Waals surface area contributed by atoms with Gasteiger partial charge in [-0.25, -0.2) is 0 Å². The topological polar surface area (TPSA) is 60.2 Å². The van der Waals surface area contributed by atoms with E-state index in [1.54, 1.807) is 7.11 Å². The van der Waals surface area contributed by atoms with Crippen LogP contribution in [-0.4, -0.2) is 51.4 Å². The van der Waals surface area contributed by atoms with Crippen LogP contribution in [-0.2, 0) is 22.4 Å². The van der Waals surface area contributed by atoms with Gasteiger partial charge in [-0.2, -0.15) is 0 Å². The minimum absolute atomic E-state index is 0.0717. The van der Waals surface area contributed by atoms with E-state index in [1.807, 2.05) is 12.1 Å². The lowest BCUT2D eigenvalue weighted by atomic mass is 9.84. The minimum Gasteiger partial charge on any atom is -0.381 e. The van der Waals surface area contributed by atoms with Gasteiger partial charge in [0.25, 0.3) is 0 Å². The van der Waals surface area contributed by atoms with Crippen LogP contribution in [0, 0.1) is 0 Å². The van der Waals surface area contributed by atoms with Crippen molar-refractivity contribution in [1.29, 1.82) is 0 Å². The standard InChI is InChI=1S/C22H27ClN4O2/c1-29-18-12-15-11-16(23)6-9-19(15)27-20(13-18)24-25-22(27)14-4-7-17(8-5-14)26-10-2-3-21(26)28/h6,9,11,14,17-18H,2-5,7-8,10,12-13H2,1H3/t14-,17-,18?. The summed E-state index contributed by atoms with van der Waals surface area (Å²) in [6.45, 7) is 0.932. The molecule has 1 aromatic carbocycles. The van der Waals surface area contributed by atoms with Gasteiger partial charge in [-0.3, -0.25) is 9.36 Å². The number of nitrogens with zero attached hydrogens (tertiary/aromatic N) is 4. The molecule has 1 aliphatic carbocycles. The van der Waals surface area contributed by atoms with Gasteiger partial charge < -0.3 is 9.64 Å². The lowest BCUT2D eigenvalue weighted by molar-refractivity contribution is -0.130. The number of carbonyl (C=O) groups excluding carboxylic acids is 1. The molecule has 1 unspecified atom stereocenters. The average Bonchev–Trinajstić information content (AvgIpc) is 3.30. The first-order valence-electron chi connectivity index (χ1n) is 10.7. The van der Waals surface area contributed by atoms with E-state index in [9.17, 15) is 4.79 Å². The second kappa shape index (κ2) is 7.73. The molecule has 5 rings (SSSR count). The van der Waals surface area contributed by atoms with Crippen LogP contribution in [0.4, 0.5) is 0 Å². The molecule has 2 aromatic rings. The summed E-state index contributed by atoms with van der Waals surface area (Å²) in [5, 5.41) is 9.93. The average molecular weight is 415 g/mol. The van der Waals surface area contributed by atoms with Gasteiger partial charge in [0, 0.05) is 49.9 Å². The van der Waals surface area contributed by atoms with Crippen molar-refractivity contribution in [1.82, 2.24) is 19.7 Å². The Kier molecular flexibility index (Phi) is 5.08. The second-order valence-electron chi connectivity index (χ2n) is 8.54. The van der Waals surface area contributed by atoms with Crippen LogP contribution < -0.4 is 0 Å². The summed E-state index contributed by atoms with van der Waals surface area (Å²) in [5.41, 5.74) is 2.31. The van der Waals surface area contributed by atoms with Crippen molar-refractivity contribution >= 4 is 17.5 Å². The van der Waals surface area contributed by atoms with E-state index < -0.39 is 0 Å². The van der Waals surface area contributed by atoms with Gasteiger partial charge in [0.05, 0.1) is 11.8 Å². The molecule has 3 heterocycles. The van der Waals surface area contributed by atoms with E-state index in [0.29, 0.717) is 17.9 Å². The fourth-order valence-electron chi connectivity index (χ4n) is 5.31. The van der Waals surface area contributed by atoms with Crippen LogP contribution in [0.1, 0.15) is 61.7 Å². The van der Waals surface area contributed by atoms with Gasteiger partial charge in [-0.15, -0.1) is 10.2 Å². The highest BCUT2D eigenvalue weighted by atomic mass is 35.5. The van der Waals surface area contributed by atoms with E-state index in [-0.39, 0.29) is 6.10 Å². The third-order valence-electron chi connectivity index (χ3n) is 6.84. The lowest BCUT2D eigenvalue weighted by Gasteiger charge is -2.34. The van der Waals surface area contributed by atoms with Gasteiger partial charge in [0.1, 0.15) is 11.6 Å². The van der Waals surface area contributed by atoms with E-state index in [0.717, 1.165) is 80.3 Å². The number of carbonyl (C=O) groups is 1. The molecule has 1 amide bonds. The number of halogens is 1. The van der Waals surface area contributed by atoms with Crippen molar-refractivity contribution in [2.75, 3.05) is 13.7 Å². The molecule has 1 saturated carbocycles. The Morgan fingerprint density at radius 1 is 1.14 bits per heavy atom. The minimum atomic E-state index is 0.0717. The number of rotatable bonds is 3. The Balaban J connectivity index is 1.43. The molecule has 29 heavy (non-hydrogen) atoms. The molecular formula is C22H27ClN4O2. The zero-order valence-electron chi connectivity index (χ0n) is 16.8. The zero-order valence-corrected chi connectivity index (χ0v) is 17.6. The number of hydrogen-bond donors (Lipinski definition) is 0. The van der Waals surface area contributed by atoms with Gasteiger partial charge in [-0.1, -0.05) is 11.6 Å². The number of ether oxygens (including phenoxy) is 1. The molecule has 2 fully saturated rings. The van der Waals surface area contributed by atoms with E-state index in [4.69, 9.17) is 16.3 Å². The number of fused-ring (bicyclic) bond motifs is 3. The maximum Gasteiger partial charge on any atom is 0.222 e. The second-order valence-corrected chi connectivity index (χ2v) is 8.98. The molecule has 0 bridgehead atoms. The van der Waals surface area contributed by atoms with Gasteiger partial charge in [0.15, 0.2) is 0 Å². The summed E-state index contributed by atoms with van der Waals surface area (Å²) in [6, 6.07) is 6.46. The summed E-state index contributed by atoms with van der Waals surface area (Å²) in [5.74, 6) is 2.71. The van der Waals surface area contributed by atoms with Crippen molar-refractivity contribution in [2.24, 2.45) is 0 Å². The van der Waals surface area contributed by atoms with Crippen molar-refractivity contribution < 1.29 is 9.53 Å². The Morgan fingerprint density at radius 2 is 1.97 bits per heavy atom. The van der Waals surface area contributed by atoms with Crippen molar-refractivity contribution in [2.45, 2.75) is 69.4 Å². The van der Waals surface area contributed by atoms with Crippen molar-refractivity contribution in [3.8, 4) is 5.69 Å². The highest BCUT2D eigenvalue weighted by molar-refractivity contribution is 6.30. The third-order valence-corrected chi connectivity index (χ3v) is 7.08. The molecule has 2 aliphatic heterocycles. The lowest BCUT2D eigenvalue weighted by Crippen LogP contribution is -2.38. The summed E-state index contributed by atoms with van der Waals surface area (Å²) in [4.78, 5) is 14.2. The van der Waals surface area contributed by atoms with Crippen LogP contribution in [0.15, 0.2) is 18.2 Å². The first-order chi connectivity index (χ1) is 14.1. The molecule has 0 radical (unpaired) electrons. The van der Waals surface area contributed by atoms with E-state index in [2.05, 4.69) is 25.7 Å². The number of hydrogen-bond acceptors (Lipinski definition) is 4. The summed E-state index contributed by atoms with van der Waals surface area (Å²) < 4.78 is 7.95. The SMILES string of the molecule is COC1Cc2cc(Cl)ccc2-n2c(nnc2[C@H]2CC[C@H](N3CCCC3=O)CC2)C1. The first kappa shape index (κ1) is 19.1. The van der Waals surface area contributed by atoms with E-state index in [1.165, 1.54) is 5.56 Å². The molecule has 3 aliphatic rings. The Hall–Kier alpha value is -1.92. The first-order valence-corrected chi connectivity index (χ1v) is 11.1. The predicted octanol–water partition coefficient (Wildman–Crippen LogP) is 3.68. The largest absolute Gasteiger partial charge is 0.381 e. The highest BCUT2D eigenvalue weighted by Crippen LogP contribution is 2.38. The summed E-state index contributed by atoms with van der Waals surface area (Å²) in [7, 11) is 1.75. The summed E-state index contributed by atoms with van der Waals surface area (Å²) in [6.07, 6.45) is 7.55. The molecule has 6 nitrogen and oxygen atoms in total. The van der Waals surface area contributed by atoms with Crippen molar-refractivity contribution in [3.05, 3.63) is 40.4 Å². The number of benzene rings is 1. The Labute approximate surface area is 176 Å². The summed E-state index contributed by atoms with van der Waals surface area (Å²) >= 11 is 6.29. The quantitative estimate of drug-likeness (QED) is 0.768. The molecule has 0 N–H and O–H groups in total. The van der Waals surface area contributed by atoms with Gasteiger partial charge in [0.2, 0.25) is 5.91 Å². The highest BCUT2D eigenvalue weighted by Gasteiger charge is 2.35. The van der Waals surface area contributed by atoms with Crippen LogP contribution in [0.5, 0.6) is 0 Å². The molecular weight excluding hydrogens is 388 g/mol. The Morgan fingerprint density at radius 3 is 2.69 bits per heavy atom. The van der Waals surface area contributed by atoms with E-state index >= 15 is 0 Å². The zero-order chi connectivity index (χ0) is 20.0. The molecule has 1 saturated heterocycles. The molecule has 1 aromatic heterocycles.